The first-order chi connectivity index (χ1) is 14.2. The van der Waals surface area contributed by atoms with Crippen molar-refractivity contribution in [1.29, 1.82) is 0 Å². The Balaban J connectivity index is 1.67. The van der Waals surface area contributed by atoms with Gasteiger partial charge in [-0.15, -0.1) is 0 Å². The van der Waals surface area contributed by atoms with Crippen LogP contribution in [-0.2, 0) is 26.9 Å². The lowest BCUT2D eigenvalue weighted by molar-refractivity contribution is 0.389. The molecule has 0 aliphatic carbocycles. The summed E-state index contributed by atoms with van der Waals surface area (Å²) in [7, 11) is -6.33. The fourth-order valence-corrected chi connectivity index (χ4v) is 4.46. The zero-order valence-corrected chi connectivity index (χ0v) is 18.2. The number of sulfonamides is 1. The van der Waals surface area contributed by atoms with Gasteiger partial charge in [0.15, 0.2) is 0 Å². The van der Waals surface area contributed by atoms with E-state index in [9.17, 15) is 16.8 Å². The van der Waals surface area contributed by atoms with Crippen LogP contribution in [0.3, 0.4) is 0 Å². The lowest BCUT2D eigenvalue weighted by Gasteiger charge is -2.17. The molecule has 0 fully saturated rings. The van der Waals surface area contributed by atoms with E-state index in [1.807, 2.05) is 37.3 Å². The van der Waals surface area contributed by atoms with Gasteiger partial charge >= 0.3 is 10.3 Å². The molecule has 30 heavy (non-hydrogen) atoms. The molecular formula is C21H22N2O5S2. The Kier molecular flexibility index (Phi) is 6.45. The molecule has 0 saturated heterocycles. The number of rotatable bonds is 8. The minimum Gasteiger partial charge on any atom is -0.371 e. The lowest BCUT2D eigenvalue weighted by Crippen LogP contribution is -2.30. The van der Waals surface area contributed by atoms with Crippen molar-refractivity contribution in [3.8, 4) is 5.75 Å². The zero-order chi connectivity index (χ0) is 21.8. The fourth-order valence-electron chi connectivity index (χ4n) is 2.61. The molecule has 0 amide bonds. The van der Waals surface area contributed by atoms with Gasteiger partial charge in [0, 0.05) is 19.3 Å². The monoisotopic (exact) mass is 446 g/mol. The highest BCUT2D eigenvalue weighted by Gasteiger charge is 2.20. The number of hydrogen-bond donors (Lipinski definition) is 1. The number of nitrogens with one attached hydrogen (secondary N) is 1. The average Bonchev–Trinajstić information content (AvgIpc) is 2.70. The van der Waals surface area contributed by atoms with Gasteiger partial charge in [-0.05, 0) is 48.9 Å². The van der Waals surface area contributed by atoms with Crippen molar-refractivity contribution < 1.29 is 21.0 Å². The van der Waals surface area contributed by atoms with Gasteiger partial charge < -0.3 is 4.18 Å². The minimum absolute atomic E-state index is 0.0770. The van der Waals surface area contributed by atoms with E-state index in [4.69, 9.17) is 4.18 Å². The summed E-state index contributed by atoms with van der Waals surface area (Å²) >= 11 is 0. The maximum absolute atomic E-state index is 12.4. The number of aryl methyl sites for hydroxylation is 1. The highest BCUT2D eigenvalue weighted by Crippen LogP contribution is 2.22. The van der Waals surface area contributed by atoms with Crippen LogP contribution >= 0.6 is 0 Å². The molecule has 3 aromatic rings. The topological polar surface area (TPSA) is 92.8 Å². The maximum atomic E-state index is 12.4. The van der Waals surface area contributed by atoms with Crippen LogP contribution in [0.15, 0.2) is 83.8 Å². The van der Waals surface area contributed by atoms with Gasteiger partial charge in [-0.1, -0.05) is 48.0 Å². The molecule has 9 heteroatoms. The van der Waals surface area contributed by atoms with E-state index in [-0.39, 0.29) is 22.9 Å². The first-order valence-electron chi connectivity index (χ1n) is 9.05. The van der Waals surface area contributed by atoms with Gasteiger partial charge in [0.25, 0.3) is 10.0 Å². The third kappa shape index (κ3) is 5.59. The van der Waals surface area contributed by atoms with Crippen molar-refractivity contribution in [1.82, 2.24) is 4.31 Å². The Morgan fingerprint density at radius 1 is 0.833 bits per heavy atom. The van der Waals surface area contributed by atoms with Crippen LogP contribution in [0.2, 0.25) is 0 Å². The molecule has 3 rings (SSSR count). The molecule has 0 bridgehead atoms. The first kappa shape index (κ1) is 21.8. The Bertz CT molecular complexity index is 1190. The first-order valence-corrected chi connectivity index (χ1v) is 11.9. The van der Waals surface area contributed by atoms with Gasteiger partial charge in [0.05, 0.1) is 4.90 Å². The second kappa shape index (κ2) is 8.86. The van der Waals surface area contributed by atoms with Gasteiger partial charge in [0.2, 0.25) is 0 Å². The summed E-state index contributed by atoms with van der Waals surface area (Å²) in [6.45, 7) is 2.03. The Hall–Kier alpha value is -2.88. The molecule has 0 atom stereocenters. The molecule has 0 radical (unpaired) electrons. The number of hydrogen-bond acceptors (Lipinski definition) is 5. The Morgan fingerprint density at radius 3 is 2.03 bits per heavy atom. The summed E-state index contributed by atoms with van der Waals surface area (Å²) < 4.78 is 58.4. The normalized spacial score (nSPS) is 12.0. The number of nitrogens with zero attached hydrogens (tertiary/aromatic N) is 1. The van der Waals surface area contributed by atoms with Crippen LogP contribution in [0.25, 0.3) is 0 Å². The lowest BCUT2D eigenvalue weighted by atomic mass is 10.2. The highest BCUT2D eigenvalue weighted by molar-refractivity contribution is 7.92. The van der Waals surface area contributed by atoms with Crippen LogP contribution in [0.4, 0.5) is 5.69 Å². The predicted molar refractivity (Wildman–Crippen MR) is 116 cm³/mol. The minimum atomic E-state index is -4.01. The highest BCUT2D eigenvalue weighted by atomic mass is 32.2. The van der Waals surface area contributed by atoms with E-state index in [2.05, 4.69) is 4.72 Å². The smallest absolute Gasteiger partial charge is 0.371 e. The zero-order valence-electron chi connectivity index (χ0n) is 16.5. The van der Waals surface area contributed by atoms with E-state index in [1.165, 1.54) is 43.4 Å². The molecule has 0 unspecified atom stereocenters. The van der Waals surface area contributed by atoms with Gasteiger partial charge in [-0.25, -0.2) is 8.42 Å². The van der Waals surface area contributed by atoms with Gasteiger partial charge in [-0.3, -0.25) is 4.72 Å². The van der Waals surface area contributed by atoms with Gasteiger partial charge in [-0.2, -0.15) is 12.7 Å². The molecule has 1 N–H and O–H groups in total. The van der Waals surface area contributed by atoms with E-state index >= 15 is 0 Å². The van der Waals surface area contributed by atoms with E-state index < -0.39 is 20.3 Å². The van der Waals surface area contributed by atoms with Crippen LogP contribution < -0.4 is 8.91 Å². The van der Waals surface area contributed by atoms with Crippen molar-refractivity contribution in [2.24, 2.45) is 0 Å². The van der Waals surface area contributed by atoms with E-state index in [0.29, 0.717) is 0 Å². The largest absolute Gasteiger partial charge is 0.385 e. The SMILES string of the molecule is Cc1ccc(S(=O)(=O)Nc2ccc(OS(=O)(=O)N(C)Cc3ccccc3)cc2)cc1. The van der Waals surface area contributed by atoms with Crippen molar-refractivity contribution in [2.75, 3.05) is 11.8 Å². The summed E-state index contributed by atoms with van der Waals surface area (Å²) in [6, 6.07) is 21.3. The molecule has 0 aliphatic heterocycles. The standard InChI is InChI=1S/C21H22N2O5S2/c1-17-8-14-21(15-9-17)29(24,25)22-19-10-12-20(13-11-19)28-30(26,27)23(2)16-18-6-4-3-5-7-18/h3-15,22H,16H2,1-2H3. The predicted octanol–water partition coefficient (Wildman–Crippen LogP) is 3.55. The molecule has 3 aromatic carbocycles. The maximum Gasteiger partial charge on any atom is 0.385 e. The molecular weight excluding hydrogens is 424 g/mol. The second-order valence-electron chi connectivity index (χ2n) is 6.73. The fraction of sp³-hybridized carbons (Fsp3) is 0.143. The summed E-state index contributed by atoms with van der Waals surface area (Å²) in [5, 5.41) is 0. The summed E-state index contributed by atoms with van der Waals surface area (Å²) in [6.07, 6.45) is 0. The van der Waals surface area contributed by atoms with Crippen molar-refractivity contribution >= 4 is 26.0 Å². The quantitative estimate of drug-likeness (QED) is 0.571. The van der Waals surface area contributed by atoms with Crippen molar-refractivity contribution in [3.05, 3.63) is 90.0 Å². The molecule has 7 nitrogen and oxygen atoms in total. The van der Waals surface area contributed by atoms with Crippen LogP contribution in [0.5, 0.6) is 5.75 Å². The molecule has 0 spiro atoms. The summed E-state index contributed by atoms with van der Waals surface area (Å²) in [4.78, 5) is 0.138. The van der Waals surface area contributed by atoms with Crippen molar-refractivity contribution in [3.63, 3.8) is 0 Å². The van der Waals surface area contributed by atoms with E-state index in [1.54, 1.807) is 12.1 Å². The third-order valence-electron chi connectivity index (χ3n) is 4.27. The van der Waals surface area contributed by atoms with Gasteiger partial charge in [0.1, 0.15) is 5.75 Å². The average molecular weight is 447 g/mol. The molecule has 158 valence electrons. The van der Waals surface area contributed by atoms with Crippen LogP contribution in [0, 0.1) is 6.92 Å². The summed E-state index contributed by atoms with van der Waals surface area (Å²) in [5.74, 6) is 0.0770. The summed E-state index contributed by atoms with van der Waals surface area (Å²) in [5.41, 5.74) is 2.07. The Morgan fingerprint density at radius 2 is 1.43 bits per heavy atom. The number of anilines is 1. The van der Waals surface area contributed by atoms with Crippen LogP contribution in [-0.4, -0.2) is 28.2 Å². The third-order valence-corrected chi connectivity index (χ3v) is 6.96. The Labute approximate surface area is 177 Å². The molecule has 0 aromatic heterocycles. The van der Waals surface area contributed by atoms with Crippen LogP contribution in [0.1, 0.15) is 11.1 Å². The van der Waals surface area contributed by atoms with E-state index in [0.717, 1.165) is 15.4 Å². The molecule has 0 aliphatic rings. The van der Waals surface area contributed by atoms with Crippen molar-refractivity contribution in [2.45, 2.75) is 18.4 Å². The molecule has 0 heterocycles. The molecule has 0 saturated carbocycles. The number of benzene rings is 3. The second-order valence-corrected chi connectivity index (χ2v) is 10.1.